The summed E-state index contributed by atoms with van der Waals surface area (Å²) in [6.07, 6.45) is -3.15. The van der Waals surface area contributed by atoms with Gasteiger partial charge in [0.15, 0.2) is 5.69 Å². The number of piperazine rings is 1. The number of hydrogen-bond acceptors (Lipinski definition) is 5. The van der Waals surface area contributed by atoms with Crippen LogP contribution in [0.15, 0.2) is 59.2 Å². The number of hydrogen-bond donors (Lipinski definition) is 0. The molecule has 1 aromatic heterocycles. The van der Waals surface area contributed by atoms with Crippen LogP contribution >= 0.6 is 11.6 Å². The normalized spacial score (nSPS) is 14.3. The molecule has 0 bridgehead atoms. The highest BCUT2D eigenvalue weighted by atomic mass is 35.5. The molecule has 0 unspecified atom stereocenters. The van der Waals surface area contributed by atoms with Crippen molar-refractivity contribution in [3.63, 3.8) is 0 Å². The molecule has 0 radical (unpaired) electrons. The molecule has 37 heavy (non-hydrogen) atoms. The van der Waals surface area contributed by atoms with Gasteiger partial charge in [0.1, 0.15) is 6.26 Å². The minimum atomic E-state index is -4.44. The lowest BCUT2D eigenvalue weighted by Crippen LogP contribution is -2.50. The molecule has 0 spiro atoms. The maximum absolute atomic E-state index is 13.2. The maximum atomic E-state index is 13.2. The first-order chi connectivity index (χ1) is 17.6. The summed E-state index contributed by atoms with van der Waals surface area (Å²) in [5.74, 6) is -0.0515. The third-order valence-electron chi connectivity index (χ3n) is 6.12. The number of carbonyl (C=O) groups excluding carboxylic acids is 2. The number of rotatable bonds is 7. The van der Waals surface area contributed by atoms with Gasteiger partial charge in [0, 0.05) is 51.2 Å². The lowest BCUT2D eigenvalue weighted by Gasteiger charge is -2.33. The van der Waals surface area contributed by atoms with Gasteiger partial charge < -0.3 is 14.2 Å². The number of oxazole rings is 1. The molecule has 1 aliphatic heterocycles. The average Bonchev–Trinajstić information content (AvgIpc) is 3.33. The van der Waals surface area contributed by atoms with Gasteiger partial charge in [0.25, 0.3) is 5.91 Å². The van der Waals surface area contributed by atoms with Crippen molar-refractivity contribution in [1.82, 2.24) is 19.7 Å². The molecule has 0 N–H and O–H groups in total. The third kappa shape index (κ3) is 7.11. The number of halogens is 4. The Labute approximate surface area is 217 Å². The second kappa shape index (κ2) is 11.4. The molecule has 3 aromatic rings. The lowest BCUT2D eigenvalue weighted by molar-refractivity contribution is -0.137. The second-order valence-electron chi connectivity index (χ2n) is 8.89. The molecule has 4 rings (SSSR count). The van der Waals surface area contributed by atoms with E-state index in [9.17, 15) is 22.8 Å². The van der Waals surface area contributed by atoms with Gasteiger partial charge in [-0.15, -0.1) is 0 Å². The maximum Gasteiger partial charge on any atom is 0.416 e. The van der Waals surface area contributed by atoms with Crippen molar-refractivity contribution in [2.24, 2.45) is 0 Å². The smallest absolute Gasteiger partial charge is 0.416 e. The molecule has 11 heteroatoms. The third-order valence-corrected chi connectivity index (χ3v) is 6.37. The van der Waals surface area contributed by atoms with Crippen LogP contribution in [0.3, 0.4) is 0 Å². The highest BCUT2D eigenvalue weighted by molar-refractivity contribution is 6.30. The van der Waals surface area contributed by atoms with Gasteiger partial charge in [0.05, 0.1) is 12.1 Å². The SMILES string of the molecule is CC(=O)N1CCN(C(=O)c2coc(CN(Cc3ccc(Cl)cc3)Cc3cccc(C(F)(F)F)c3)n2)CC1. The molecule has 0 saturated carbocycles. The largest absolute Gasteiger partial charge is 0.447 e. The molecular weight excluding hydrogens is 509 g/mol. The lowest BCUT2D eigenvalue weighted by atomic mass is 10.1. The minimum Gasteiger partial charge on any atom is -0.447 e. The fraction of sp³-hybridized carbons (Fsp3) is 0.346. The van der Waals surface area contributed by atoms with Gasteiger partial charge in [0.2, 0.25) is 11.8 Å². The summed E-state index contributed by atoms with van der Waals surface area (Å²) in [6.45, 7) is 3.98. The number of nitrogens with zero attached hydrogens (tertiary/aromatic N) is 4. The molecule has 1 saturated heterocycles. The predicted molar refractivity (Wildman–Crippen MR) is 131 cm³/mol. The summed E-state index contributed by atoms with van der Waals surface area (Å²) in [6, 6.07) is 12.3. The van der Waals surface area contributed by atoms with Crippen molar-refractivity contribution in [3.8, 4) is 0 Å². The molecule has 2 amide bonds. The van der Waals surface area contributed by atoms with E-state index >= 15 is 0 Å². The van der Waals surface area contributed by atoms with Crippen molar-refractivity contribution in [2.45, 2.75) is 32.7 Å². The summed E-state index contributed by atoms with van der Waals surface area (Å²) in [5, 5.41) is 0.577. The predicted octanol–water partition coefficient (Wildman–Crippen LogP) is 4.85. The molecule has 7 nitrogen and oxygen atoms in total. The van der Waals surface area contributed by atoms with Crippen LogP contribution in [0.5, 0.6) is 0 Å². The van der Waals surface area contributed by atoms with Gasteiger partial charge in [-0.3, -0.25) is 14.5 Å². The fourth-order valence-electron chi connectivity index (χ4n) is 4.18. The van der Waals surface area contributed by atoms with E-state index in [0.717, 1.165) is 17.7 Å². The monoisotopic (exact) mass is 534 g/mol. The minimum absolute atomic E-state index is 0.0302. The molecular formula is C26H26ClF3N4O3. The summed E-state index contributed by atoms with van der Waals surface area (Å²) < 4.78 is 45.2. The molecule has 196 valence electrons. The van der Waals surface area contributed by atoms with Crippen LogP contribution in [-0.2, 0) is 30.6 Å². The highest BCUT2D eigenvalue weighted by Gasteiger charge is 2.30. The summed E-state index contributed by atoms with van der Waals surface area (Å²) >= 11 is 5.99. The van der Waals surface area contributed by atoms with Crippen LogP contribution in [0.2, 0.25) is 5.02 Å². The van der Waals surface area contributed by atoms with Crippen LogP contribution in [-0.4, -0.2) is 57.7 Å². The summed E-state index contributed by atoms with van der Waals surface area (Å²) in [5.41, 5.74) is 0.819. The quantitative estimate of drug-likeness (QED) is 0.433. The van der Waals surface area contributed by atoms with Crippen LogP contribution < -0.4 is 0 Å². The number of carbonyl (C=O) groups is 2. The topological polar surface area (TPSA) is 69.9 Å². The summed E-state index contributed by atoms with van der Waals surface area (Å²) in [7, 11) is 0. The zero-order chi connectivity index (χ0) is 26.6. The van der Waals surface area contributed by atoms with Gasteiger partial charge in [-0.2, -0.15) is 13.2 Å². The molecule has 2 heterocycles. The van der Waals surface area contributed by atoms with E-state index in [2.05, 4.69) is 4.98 Å². The van der Waals surface area contributed by atoms with Crippen molar-refractivity contribution in [3.05, 3.63) is 88.1 Å². The van der Waals surface area contributed by atoms with Crippen LogP contribution in [0.4, 0.5) is 13.2 Å². The molecule has 1 fully saturated rings. The van der Waals surface area contributed by atoms with Crippen molar-refractivity contribution >= 4 is 23.4 Å². The highest BCUT2D eigenvalue weighted by Crippen LogP contribution is 2.30. The van der Waals surface area contributed by atoms with Crippen molar-refractivity contribution < 1.29 is 27.2 Å². The Morgan fingerprint density at radius 1 is 0.973 bits per heavy atom. The van der Waals surface area contributed by atoms with Crippen LogP contribution in [0, 0.1) is 0 Å². The number of alkyl halides is 3. The zero-order valence-corrected chi connectivity index (χ0v) is 20.9. The standard InChI is InChI=1S/C26H26ClF3N4O3/c1-18(35)33-9-11-34(12-10-33)25(36)23-17-37-24(31-23)16-32(14-19-5-7-22(27)8-6-19)15-20-3-2-4-21(13-20)26(28,29)30/h2-8,13,17H,9-12,14-16H2,1H3. The number of aromatic nitrogens is 1. The Morgan fingerprint density at radius 3 is 2.27 bits per heavy atom. The Bertz CT molecular complexity index is 1240. The number of amides is 2. The van der Waals surface area contributed by atoms with E-state index in [-0.39, 0.29) is 36.5 Å². The van der Waals surface area contributed by atoms with Crippen LogP contribution in [0.25, 0.3) is 0 Å². The Hall–Kier alpha value is -3.37. The molecule has 0 aliphatic carbocycles. The summed E-state index contributed by atoms with van der Waals surface area (Å²) in [4.78, 5) is 33.9. The number of benzene rings is 2. The molecule has 2 aromatic carbocycles. The van der Waals surface area contributed by atoms with Gasteiger partial charge in [-0.25, -0.2) is 4.98 Å². The van der Waals surface area contributed by atoms with E-state index in [1.807, 2.05) is 17.0 Å². The van der Waals surface area contributed by atoms with E-state index in [0.29, 0.717) is 43.3 Å². The second-order valence-corrected chi connectivity index (χ2v) is 9.33. The average molecular weight is 535 g/mol. The first-order valence-corrected chi connectivity index (χ1v) is 12.1. The van der Waals surface area contributed by atoms with Crippen LogP contribution in [0.1, 0.15) is 40.0 Å². The molecule has 0 atom stereocenters. The zero-order valence-electron chi connectivity index (χ0n) is 20.2. The van der Waals surface area contributed by atoms with E-state index in [1.54, 1.807) is 28.0 Å². The van der Waals surface area contributed by atoms with E-state index in [1.165, 1.54) is 19.3 Å². The van der Waals surface area contributed by atoms with Crippen molar-refractivity contribution in [1.29, 1.82) is 0 Å². The van der Waals surface area contributed by atoms with E-state index < -0.39 is 11.7 Å². The Balaban J connectivity index is 1.48. The fourth-order valence-corrected chi connectivity index (χ4v) is 4.31. The first kappa shape index (κ1) is 26.7. The first-order valence-electron chi connectivity index (χ1n) is 11.7. The Morgan fingerprint density at radius 2 is 1.62 bits per heavy atom. The van der Waals surface area contributed by atoms with Gasteiger partial charge >= 0.3 is 6.18 Å². The Kier molecular flexibility index (Phi) is 8.19. The van der Waals surface area contributed by atoms with Gasteiger partial charge in [-0.1, -0.05) is 41.9 Å². The van der Waals surface area contributed by atoms with E-state index in [4.69, 9.17) is 16.0 Å². The van der Waals surface area contributed by atoms with Gasteiger partial charge in [-0.05, 0) is 29.3 Å². The van der Waals surface area contributed by atoms with Crippen molar-refractivity contribution in [2.75, 3.05) is 26.2 Å². The molecule has 1 aliphatic rings.